The Hall–Kier alpha value is -0.340. The first kappa shape index (κ1) is 13.1. The van der Waals surface area contributed by atoms with Crippen molar-refractivity contribution in [1.82, 2.24) is 5.32 Å². The molecule has 0 radical (unpaired) electrons. The first-order valence-corrected chi connectivity index (χ1v) is 7.39. The molecule has 17 heavy (non-hydrogen) atoms. The number of nitrogens with one attached hydrogen (secondary N) is 1. The summed E-state index contributed by atoms with van der Waals surface area (Å²) in [7, 11) is 0. The van der Waals surface area contributed by atoms with Crippen molar-refractivity contribution in [1.29, 1.82) is 0 Å². The maximum Gasteiger partial charge on any atom is 0.0326 e. The quantitative estimate of drug-likeness (QED) is 0.872. The highest BCUT2D eigenvalue weighted by molar-refractivity contribution is 9.10. The predicted octanol–water partition coefficient (Wildman–Crippen LogP) is 4.32. The number of rotatable bonds is 4. The molecule has 2 heteroatoms. The molecule has 0 bridgehead atoms. The number of hydrogen-bond acceptors (Lipinski definition) is 1. The first-order valence-electron chi connectivity index (χ1n) is 6.60. The van der Waals surface area contributed by atoms with Crippen molar-refractivity contribution in [3.63, 3.8) is 0 Å². The van der Waals surface area contributed by atoms with Crippen LogP contribution in [0.2, 0.25) is 0 Å². The number of fused-ring (bicyclic) bond motifs is 1. The normalized spacial score (nSPS) is 20.6. The van der Waals surface area contributed by atoms with Gasteiger partial charge in [-0.15, -0.1) is 0 Å². The smallest absolute Gasteiger partial charge is 0.0326 e. The Morgan fingerprint density at radius 2 is 2.12 bits per heavy atom. The van der Waals surface area contributed by atoms with E-state index in [-0.39, 0.29) is 0 Å². The van der Waals surface area contributed by atoms with Crippen molar-refractivity contribution < 1.29 is 0 Å². The van der Waals surface area contributed by atoms with Gasteiger partial charge in [-0.3, -0.25) is 0 Å². The van der Waals surface area contributed by atoms with Gasteiger partial charge in [0.1, 0.15) is 0 Å². The fourth-order valence-corrected chi connectivity index (χ4v) is 2.97. The molecule has 2 rings (SSSR count). The Morgan fingerprint density at radius 1 is 1.35 bits per heavy atom. The van der Waals surface area contributed by atoms with E-state index in [9.17, 15) is 0 Å². The van der Waals surface area contributed by atoms with Gasteiger partial charge in [0.25, 0.3) is 0 Å². The van der Waals surface area contributed by atoms with Crippen LogP contribution in [0.15, 0.2) is 22.7 Å². The highest BCUT2D eigenvalue weighted by Gasteiger charge is 2.23. The van der Waals surface area contributed by atoms with Crippen molar-refractivity contribution >= 4 is 15.9 Å². The van der Waals surface area contributed by atoms with Crippen molar-refractivity contribution in [3.8, 4) is 0 Å². The zero-order valence-electron chi connectivity index (χ0n) is 11.0. The Bertz CT molecular complexity index is 387. The Balaban J connectivity index is 2.00. The molecular weight excluding hydrogens is 274 g/mol. The molecule has 2 atom stereocenters. The third-order valence-corrected chi connectivity index (χ3v) is 4.78. The van der Waals surface area contributed by atoms with Gasteiger partial charge in [0.15, 0.2) is 0 Å². The highest BCUT2D eigenvalue weighted by atomic mass is 79.9. The van der Waals surface area contributed by atoms with Crippen LogP contribution >= 0.6 is 15.9 Å². The Kier molecular flexibility index (Phi) is 4.26. The number of benzene rings is 1. The average Bonchev–Trinajstić information content (AvgIpc) is 2.70. The molecule has 1 aliphatic rings. The van der Waals surface area contributed by atoms with E-state index in [0.29, 0.717) is 6.04 Å². The monoisotopic (exact) mass is 295 g/mol. The second-order valence-electron chi connectivity index (χ2n) is 5.53. The van der Waals surface area contributed by atoms with Crippen LogP contribution < -0.4 is 5.32 Å². The average molecular weight is 296 g/mol. The van der Waals surface area contributed by atoms with Crippen LogP contribution in [0.3, 0.4) is 0 Å². The predicted molar refractivity (Wildman–Crippen MR) is 77.2 cm³/mol. The zero-order chi connectivity index (χ0) is 12.4. The van der Waals surface area contributed by atoms with Crippen LogP contribution in [0.4, 0.5) is 0 Å². The van der Waals surface area contributed by atoms with Gasteiger partial charge in [0.05, 0.1) is 0 Å². The molecule has 1 aromatic rings. The van der Waals surface area contributed by atoms with Gasteiger partial charge in [-0.1, -0.05) is 48.8 Å². The molecule has 2 unspecified atom stereocenters. The third-order valence-electron chi connectivity index (χ3n) is 4.04. The van der Waals surface area contributed by atoms with Gasteiger partial charge in [-0.05, 0) is 48.4 Å². The summed E-state index contributed by atoms with van der Waals surface area (Å²) in [5.74, 6) is 1.50. The molecule has 1 aliphatic carbocycles. The van der Waals surface area contributed by atoms with E-state index in [2.05, 4.69) is 60.2 Å². The minimum atomic E-state index is 0.559. The van der Waals surface area contributed by atoms with Gasteiger partial charge >= 0.3 is 0 Å². The highest BCUT2D eigenvalue weighted by Crippen LogP contribution is 2.35. The van der Waals surface area contributed by atoms with Gasteiger partial charge < -0.3 is 5.32 Å². The number of halogens is 1. The van der Waals surface area contributed by atoms with E-state index < -0.39 is 0 Å². The van der Waals surface area contributed by atoms with Crippen molar-refractivity contribution in [2.24, 2.45) is 11.8 Å². The van der Waals surface area contributed by atoms with Gasteiger partial charge in [0, 0.05) is 10.5 Å². The molecule has 94 valence electrons. The first-order chi connectivity index (χ1) is 8.09. The fourth-order valence-electron chi connectivity index (χ4n) is 2.39. The van der Waals surface area contributed by atoms with Crippen LogP contribution in [0, 0.1) is 11.8 Å². The van der Waals surface area contributed by atoms with E-state index in [1.165, 1.54) is 28.4 Å². The largest absolute Gasteiger partial charge is 0.310 e. The summed E-state index contributed by atoms with van der Waals surface area (Å²) < 4.78 is 1.27. The molecule has 1 N–H and O–H groups in total. The van der Waals surface area contributed by atoms with Crippen molar-refractivity contribution in [3.05, 3.63) is 33.8 Å². The molecule has 1 nitrogen and oxygen atoms in total. The van der Waals surface area contributed by atoms with Crippen LogP contribution in [-0.4, -0.2) is 6.54 Å². The molecule has 0 heterocycles. The second-order valence-corrected chi connectivity index (χ2v) is 6.38. The summed E-state index contributed by atoms with van der Waals surface area (Å²) in [6, 6.07) is 7.13. The lowest BCUT2D eigenvalue weighted by molar-refractivity contribution is 0.368. The zero-order valence-corrected chi connectivity index (χ0v) is 12.5. The molecule has 0 spiro atoms. The van der Waals surface area contributed by atoms with E-state index in [0.717, 1.165) is 18.4 Å². The molecule has 0 aliphatic heterocycles. The summed E-state index contributed by atoms with van der Waals surface area (Å²) in [4.78, 5) is 0. The van der Waals surface area contributed by atoms with Gasteiger partial charge in [-0.2, -0.15) is 0 Å². The Labute approximate surface area is 113 Å². The van der Waals surface area contributed by atoms with E-state index >= 15 is 0 Å². The maximum atomic E-state index is 3.73. The SMILES string of the molecule is CC(C)C(C)CNC1CCc2c(Br)cccc21. The Morgan fingerprint density at radius 3 is 2.82 bits per heavy atom. The lowest BCUT2D eigenvalue weighted by Crippen LogP contribution is -2.27. The minimum Gasteiger partial charge on any atom is -0.310 e. The summed E-state index contributed by atoms with van der Waals surface area (Å²) in [6.07, 6.45) is 2.44. The lowest BCUT2D eigenvalue weighted by atomic mass is 9.97. The second kappa shape index (κ2) is 5.53. The van der Waals surface area contributed by atoms with E-state index in [1.54, 1.807) is 0 Å². The maximum absolute atomic E-state index is 3.73. The van der Waals surface area contributed by atoms with Crippen LogP contribution in [0.25, 0.3) is 0 Å². The standard InChI is InChI=1S/C15H22BrN/c1-10(2)11(3)9-17-15-8-7-12-13(15)5-4-6-14(12)16/h4-6,10-11,15,17H,7-9H2,1-3H3. The molecule has 0 aromatic heterocycles. The summed E-state index contributed by atoms with van der Waals surface area (Å²) in [5, 5.41) is 3.73. The van der Waals surface area contributed by atoms with Crippen LogP contribution in [0.1, 0.15) is 44.4 Å². The molecule has 1 aromatic carbocycles. The van der Waals surface area contributed by atoms with Gasteiger partial charge in [-0.25, -0.2) is 0 Å². The summed E-state index contributed by atoms with van der Waals surface area (Å²) in [6.45, 7) is 8.04. The topological polar surface area (TPSA) is 12.0 Å². The minimum absolute atomic E-state index is 0.559. The number of hydrogen-bond donors (Lipinski definition) is 1. The molecule has 0 fully saturated rings. The van der Waals surface area contributed by atoms with Crippen LogP contribution in [-0.2, 0) is 6.42 Å². The third kappa shape index (κ3) is 2.92. The lowest BCUT2D eigenvalue weighted by Gasteiger charge is -2.20. The summed E-state index contributed by atoms with van der Waals surface area (Å²) >= 11 is 3.65. The van der Waals surface area contributed by atoms with Gasteiger partial charge in [0.2, 0.25) is 0 Å². The fraction of sp³-hybridized carbons (Fsp3) is 0.600. The van der Waals surface area contributed by atoms with Crippen molar-refractivity contribution in [2.75, 3.05) is 6.54 Å². The van der Waals surface area contributed by atoms with Crippen molar-refractivity contribution in [2.45, 2.75) is 39.7 Å². The van der Waals surface area contributed by atoms with Crippen LogP contribution in [0.5, 0.6) is 0 Å². The molecule has 0 saturated heterocycles. The molecule has 0 saturated carbocycles. The molecule has 0 amide bonds. The summed E-state index contributed by atoms with van der Waals surface area (Å²) in [5.41, 5.74) is 3.00. The molecular formula is C15H22BrN. The van der Waals surface area contributed by atoms with E-state index in [1.807, 2.05) is 0 Å². The van der Waals surface area contributed by atoms with E-state index in [4.69, 9.17) is 0 Å².